The van der Waals surface area contributed by atoms with Gasteiger partial charge in [-0.2, -0.15) is 0 Å². The van der Waals surface area contributed by atoms with E-state index in [2.05, 4.69) is 4.98 Å². The summed E-state index contributed by atoms with van der Waals surface area (Å²) in [4.78, 5) is 44.1. The van der Waals surface area contributed by atoms with E-state index in [0.717, 1.165) is 0 Å². The molecule has 1 aromatic heterocycles. The van der Waals surface area contributed by atoms with Crippen LogP contribution >= 0.6 is 0 Å². The number of amides is 1. The van der Waals surface area contributed by atoms with E-state index < -0.39 is 23.7 Å². The number of hydrogen-bond donors (Lipinski definition) is 1. The second-order valence-corrected chi connectivity index (χ2v) is 8.79. The van der Waals surface area contributed by atoms with E-state index in [0.29, 0.717) is 28.1 Å². The maximum atomic E-state index is 13.2. The molecule has 0 saturated carbocycles. The molecule has 2 heterocycles. The standard InChI is InChI=1S/C29H28N2O6/c1-4-36-29(35)21-10-8-19(9-11-21)17-31-25(23-7-5-6-16-30-23)24(27(33)28(31)34)26(32)20-12-14-22(15-13-20)37-18(2)3/h5-16,18,25,32H,4,17H2,1-3H3/b26-24+. The molecule has 2 aromatic carbocycles. The van der Waals surface area contributed by atoms with E-state index in [-0.39, 0.29) is 30.6 Å². The van der Waals surface area contributed by atoms with Gasteiger partial charge in [-0.1, -0.05) is 18.2 Å². The van der Waals surface area contributed by atoms with Crippen LogP contribution < -0.4 is 4.74 Å². The van der Waals surface area contributed by atoms with Gasteiger partial charge in [0.25, 0.3) is 11.7 Å². The van der Waals surface area contributed by atoms with Gasteiger partial charge in [-0.05, 0) is 74.9 Å². The normalized spacial score (nSPS) is 16.8. The van der Waals surface area contributed by atoms with E-state index in [1.807, 2.05) is 13.8 Å². The Bertz CT molecular complexity index is 1310. The van der Waals surface area contributed by atoms with Gasteiger partial charge in [0, 0.05) is 18.3 Å². The molecule has 1 N–H and O–H groups in total. The van der Waals surface area contributed by atoms with E-state index in [4.69, 9.17) is 9.47 Å². The molecule has 1 fully saturated rings. The number of rotatable bonds is 8. The van der Waals surface area contributed by atoms with Gasteiger partial charge < -0.3 is 19.5 Å². The number of Topliss-reactive ketones (excluding diaryl/α,β-unsaturated/α-hetero) is 1. The summed E-state index contributed by atoms with van der Waals surface area (Å²) in [5.41, 5.74) is 1.88. The molecule has 8 heteroatoms. The topological polar surface area (TPSA) is 106 Å². The predicted octanol–water partition coefficient (Wildman–Crippen LogP) is 4.67. The number of carbonyl (C=O) groups is 3. The van der Waals surface area contributed by atoms with Crippen molar-refractivity contribution < 1.29 is 29.0 Å². The lowest BCUT2D eigenvalue weighted by Gasteiger charge is -2.24. The summed E-state index contributed by atoms with van der Waals surface area (Å²) in [5, 5.41) is 11.2. The molecule has 190 valence electrons. The van der Waals surface area contributed by atoms with E-state index in [1.165, 1.54) is 4.90 Å². The van der Waals surface area contributed by atoms with Crippen LogP contribution in [-0.4, -0.2) is 45.4 Å². The first-order valence-electron chi connectivity index (χ1n) is 12.0. The fourth-order valence-corrected chi connectivity index (χ4v) is 4.16. The highest BCUT2D eigenvalue weighted by Gasteiger charge is 2.46. The van der Waals surface area contributed by atoms with Crippen molar-refractivity contribution in [3.8, 4) is 5.75 Å². The van der Waals surface area contributed by atoms with Crippen molar-refractivity contribution in [1.29, 1.82) is 0 Å². The minimum absolute atomic E-state index is 0.0136. The maximum absolute atomic E-state index is 13.2. The second kappa shape index (κ2) is 11.1. The van der Waals surface area contributed by atoms with Crippen LogP contribution in [0.2, 0.25) is 0 Å². The van der Waals surface area contributed by atoms with Gasteiger partial charge in [0.2, 0.25) is 0 Å². The van der Waals surface area contributed by atoms with Crippen LogP contribution in [0, 0.1) is 0 Å². The summed E-state index contributed by atoms with van der Waals surface area (Å²) in [6.45, 7) is 5.89. The second-order valence-electron chi connectivity index (χ2n) is 8.79. The number of aromatic nitrogens is 1. The molecule has 3 aromatic rings. The summed E-state index contributed by atoms with van der Waals surface area (Å²) in [7, 11) is 0. The third-order valence-electron chi connectivity index (χ3n) is 5.83. The summed E-state index contributed by atoms with van der Waals surface area (Å²) < 4.78 is 10.7. The Kier molecular flexibility index (Phi) is 7.67. The highest BCUT2D eigenvalue weighted by Crippen LogP contribution is 2.39. The number of ether oxygens (including phenoxy) is 2. The number of carbonyl (C=O) groups excluding carboxylic acids is 3. The Hall–Kier alpha value is -4.46. The molecule has 1 aliphatic heterocycles. The minimum atomic E-state index is -0.891. The van der Waals surface area contributed by atoms with Gasteiger partial charge in [-0.15, -0.1) is 0 Å². The summed E-state index contributed by atoms with van der Waals surface area (Å²) in [6.07, 6.45) is 1.56. The first kappa shape index (κ1) is 25.6. The van der Waals surface area contributed by atoms with Crippen molar-refractivity contribution in [3.05, 3.63) is 101 Å². The smallest absolute Gasteiger partial charge is 0.338 e. The molecule has 0 bridgehead atoms. The number of benzene rings is 2. The average Bonchev–Trinajstić information content (AvgIpc) is 3.14. The first-order chi connectivity index (χ1) is 17.8. The Balaban J connectivity index is 1.71. The van der Waals surface area contributed by atoms with Crippen LogP contribution in [0.3, 0.4) is 0 Å². The lowest BCUT2D eigenvalue weighted by atomic mass is 9.98. The Labute approximate surface area is 215 Å². The molecule has 4 rings (SSSR count). The van der Waals surface area contributed by atoms with E-state index in [9.17, 15) is 19.5 Å². The Morgan fingerprint density at radius 3 is 2.27 bits per heavy atom. The molecule has 37 heavy (non-hydrogen) atoms. The van der Waals surface area contributed by atoms with E-state index in [1.54, 1.807) is 79.9 Å². The van der Waals surface area contributed by atoms with Crippen LogP contribution in [0.25, 0.3) is 5.76 Å². The monoisotopic (exact) mass is 500 g/mol. The largest absolute Gasteiger partial charge is 0.507 e. The van der Waals surface area contributed by atoms with Crippen molar-refractivity contribution in [2.24, 2.45) is 0 Å². The molecule has 0 aliphatic carbocycles. The predicted molar refractivity (Wildman–Crippen MR) is 137 cm³/mol. The van der Waals surface area contributed by atoms with Gasteiger partial charge in [0.1, 0.15) is 17.6 Å². The highest BCUT2D eigenvalue weighted by molar-refractivity contribution is 6.46. The molecule has 0 spiro atoms. The molecule has 8 nitrogen and oxygen atoms in total. The van der Waals surface area contributed by atoms with E-state index >= 15 is 0 Å². The molecule has 1 amide bonds. The summed E-state index contributed by atoms with van der Waals surface area (Å²) >= 11 is 0. The number of aliphatic hydroxyl groups excluding tert-OH is 1. The number of nitrogens with zero attached hydrogens (tertiary/aromatic N) is 2. The average molecular weight is 501 g/mol. The Morgan fingerprint density at radius 1 is 1.00 bits per heavy atom. The van der Waals surface area contributed by atoms with Crippen molar-refractivity contribution in [2.75, 3.05) is 6.61 Å². The SMILES string of the molecule is CCOC(=O)c1ccc(CN2C(=O)C(=O)/C(=C(/O)c3ccc(OC(C)C)cc3)C2c2ccccn2)cc1. The number of aliphatic hydroxyl groups is 1. The van der Waals surface area contributed by atoms with Crippen molar-refractivity contribution in [2.45, 2.75) is 39.5 Å². The zero-order chi connectivity index (χ0) is 26.5. The molecular formula is C29H28N2O6. The fraction of sp³-hybridized carbons (Fsp3) is 0.241. The molecular weight excluding hydrogens is 472 g/mol. The lowest BCUT2D eigenvalue weighted by molar-refractivity contribution is -0.140. The van der Waals surface area contributed by atoms with Crippen molar-refractivity contribution in [1.82, 2.24) is 9.88 Å². The van der Waals surface area contributed by atoms with Crippen molar-refractivity contribution in [3.63, 3.8) is 0 Å². The minimum Gasteiger partial charge on any atom is -0.507 e. The first-order valence-corrected chi connectivity index (χ1v) is 12.0. The number of ketones is 1. The molecule has 1 atom stereocenters. The zero-order valence-electron chi connectivity index (χ0n) is 20.9. The highest BCUT2D eigenvalue weighted by atomic mass is 16.5. The van der Waals surface area contributed by atoms with Gasteiger partial charge in [0.15, 0.2) is 0 Å². The molecule has 1 saturated heterocycles. The Morgan fingerprint density at radius 2 is 1.68 bits per heavy atom. The third kappa shape index (κ3) is 5.53. The van der Waals surface area contributed by atoms with Crippen LogP contribution in [0.5, 0.6) is 5.75 Å². The van der Waals surface area contributed by atoms with Crippen LogP contribution in [0.15, 0.2) is 78.5 Å². The quantitative estimate of drug-likeness (QED) is 0.207. The fourth-order valence-electron chi connectivity index (χ4n) is 4.16. The van der Waals surface area contributed by atoms with Gasteiger partial charge in [-0.25, -0.2) is 4.79 Å². The maximum Gasteiger partial charge on any atom is 0.338 e. The van der Waals surface area contributed by atoms with Crippen molar-refractivity contribution >= 4 is 23.4 Å². The summed E-state index contributed by atoms with van der Waals surface area (Å²) in [6, 6.07) is 17.6. The van der Waals surface area contributed by atoms with Crippen LogP contribution in [-0.2, 0) is 20.9 Å². The summed E-state index contributed by atoms with van der Waals surface area (Å²) in [5.74, 6) is -1.64. The molecule has 0 radical (unpaired) electrons. The van der Waals surface area contributed by atoms with Gasteiger partial charge >= 0.3 is 5.97 Å². The number of pyridine rings is 1. The number of esters is 1. The number of likely N-dealkylation sites (tertiary alicyclic amines) is 1. The number of hydrogen-bond acceptors (Lipinski definition) is 7. The van der Waals surface area contributed by atoms with Crippen LogP contribution in [0.4, 0.5) is 0 Å². The zero-order valence-corrected chi connectivity index (χ0v) is 20.9. The molecule has 1 unspecified atom stereocenters. The molecule has 1 aliphatic rings. The lowest BCUT2D eigenvalue weighted by Crippen LogP contribution is -2.29. The third-order valence-corrected chi connectivity index (χ3v) is 5.83. The van der Waals surface area contributed by atoms with Gasteiger partial charge in [0.05, 0.1) is 29.5 Å². The van der Waals surface area contributed by atoms with Gasteiger partial charge in [-0.3, -0.25) is 14.6 Å². The van der Waals surface area contributed by atoms with Crippen LogP contribution in [0.1, 0.15) is 54.0 Å².